The van der Waals surface area contributed by atoms with E-state index in [9.17, 15) is 4.79 Å². The van der Waals surface area contributed by atoms with Crippen LogP contribution in [0, 0.1) is 0 Å². The largest absolute Gasteiger partial charge is 0.382 e. The number of thiazole rings is 1. The maximum Gasteiger partial charge on any atom is 0.265 e. The molecule has 0 fully saturated rings. The summed E-state index contributed by atoms with van der Waals surface area (Å²) in [5.41, 5.74) is 5.49. The maximum absolute atomic E-state index is 12.0. The SMILES string of the molecule is CCCC(C)(C)NC(=O)c1sc(NC)nc1N. The molecule has 6 heteroatoms. The highest BCUT2D eigenvalue weighted by molar-refractivity contribution is 7.18. The summed E-state index contributed by atoms with van der Waals surface area (Å²) in [6.45, 7) is 6.10. The standard InChI is InChI=1S/C11H20N4OS/c1-5-6-11(2,3)15-9(16)7-8(12)14-10(13-4)17-7/h5-6,12H2,1-4H3,(H,13,14)(H,15,16). The number of nitrogens with zero attached hydrogens (tertiary/aromatic N) is 1. The molecule has 0 radical (unpaired) electrons. The smallest absolute Gasteiger partial charge is 0.265 e. The van der Waals surface area contributed by atoms with Crippen molar-refractivity contribution in [3.05, 3.63) is 4.88 Å². The van der Waals surface area contributed by atoms with E-state index in [2.05, 4.69) is 22.5 Å². The number of carbonyl (C=O) groups is 1. The van der Waals surface area contributed by atoms with E-state index in [1.54, 1.807) is 7.05 Å². The zero-order chi connectivity index (χ0) is 13.1. The van der Waals surface area contributed by atoms with Gasteiger partial charge in [-0.15, -0.1) is 0 Å². The lowest BCUT2D eigenvalue weighted by Gasteiger charge is -2.25. The molecule has 0 saturated heterocycles. The van der Waals surface area contributed by atoms with Crippen molar-refractivity contribution in [2.75, 3.05) is 18.1 Å². The van der Waals surface area contributed by atoms with Crippen molar-refractivity contribution in [1.82, 2.24) is 10.3 Å². The van der Waals surface area contributed by atoms with E-state index < -0.39 is 0 Å². The lowest BCUT2D eigenvalue weighted by molar-refractivity contribution is 0.0914. The minimum absolute atomic E-state index is 0.153. The molecule has 0 bridgehead atoms. The van der Waals surface area contributed by atoms with Gasteiger partial charge in [-0.3, -0.25) is 4.79 Å². The van der Waals surface area contributed by atoms with Gasteiger partial charge in [0.25, 0.3) is 5.91 Å². The van der Waals surface area contributed by atoms with Crippen molar-refractivity contribution in [3.8, 4) is 0 Å². The molecular formula is C11H20N4OS. The molecule has 96 valence electrons. The monoisotopic (exact) mass is 256 g/mol. The van der Waals surface area contributed by atoms with Gasteiger partial charge in [-0.25, -0.2) is 4.98 Å². The molecule has 1 heterocycles. The Morgan fingerprint density at radius 3 is 2.65 bits per heavy atom. The second kappa shape index (κ2) is 5.35. The quantitative estimate of drug-likeness (QED) is 0.753. The summed E-state index contributed by atoms with van der Waals surface area (Å²) in [5.74, 6) is 0.129. The molecule has 17 heavy (non-hydrogen) atoms. The molecular weight excluding hydrogens is 236 g/mol. The van der Waals surface area contributed by atoms with Crippen LogP contribution in [0.15, 0.2) is 0 Å². The Morgan fingerprint density at radius 2 is 2.18 bits per heavy atom. The molecule has 0 aliphatic carbocycles. The molecule has 5 nitrogen and oxygen atoms in total. The number of amides is 1. The predicted octanol–water partition coefficient (Wildman–Crippen LogP) is 2.08. The molecule has 0 aliphatic heterocycles. The average Bonchev–Trinajstić information content (AvgIpc) is 2.58. The molecule has 0 saturated carbocycles. The Morgan fingerprint density at radius 1 is 1.53 bits per heavy atom. The number of rotatable bonds is 5. The topological polar surface area (TPSA) is 80.0 Å². The highest BCUT2D eigenvalue weighted by Gasteiger charge is 2.23. The molecule has 4 N–H and O–H groups in total. The second-order valence-electron chi connectivity index (χ2n) is 4.57. The van der Waals surface area contributed by atoms with E-state index in [1.165, 1.54) is 11.3 Å². The van der Waals surface area contributed by atoms with E-state index in [0.717, 1.165) is 12.8 Å². The Kier molecular flexibility index (Phi) is 4.34. The minimum Gasteiger partial charge on any atom is -0.382 e. The van der Waals surface area contributed by atoms with Crippen molar-refractivity contribution in [2.45, 2.75) is 39.2 Å². The van der Waals surface area contributed by atoms with Crippen LogP contribution in [-0.4, -0.2) is 23.5 Å². The van der Waals surface area contributed by atoms with Crippen LogP contribution in [0.1, 0.15) is 43.3 Å². The molecule has 0 aliphatic rings. The molecule has 0 aromatic carbocycles. The first kappa shape index (κ1) is 13.8. The minimum atomic E-state index is -0.220. The van der Waals surface area contributed by atoms with Gasteiger partial charge in [0.2, 0.25) is 0 Å². The van der Waals surface area contributed by atoms with Gasteiger partial charge in [-0.2, -0.15) is 0 Å². The van der Waals surface area contributed by atoms with Crippen LogP contribution < -0.4 is 16.4 Å². The van der Waals surface area contributed by atoms with Gasteiger partial charge < -0.3 is 16.4 Å². The summed E-state index contributed by atoms with van der Waals surface area (Å²) in [6.07, 6.45) is 1.95. The number of anilines is 2. The summed E-state index contributed by atoms with van der Waals surface area (Å²) in [4.78, 5) is 16.6. The van der Waals surface area contributed by atoms with Crippen molar-refractivity contribution in [2.24, 2.45) is 0 Å². The van der Waals surface area contributed by atoms with Gasteiger partial charge in [0.1, 0.15) is 10.7 Å². The first-order chi connectivity index (χ1) is 7.89. The number of carbonyl (C=O) groups excluding carboxylic acids is 1. The van der Waals surface area contributed by atoms with Crippen LogP contribution in [0.4, 0.5) is 10.9 Å². The number of nitrogens with one attached hydrogen (secondary N) is 2. The fourth-order valence-corrected chi connectivity index (χ4v) is 2.39. The fourth-order valence-electron chi connectivity index (χ4n) is 1.65. The third-order valence-electron chi connectivity index (χ3n) is 2.40. The lowest BCUT2D eigenvalue weighted by Crippen LogP contribution is -2.43. The van der Waals surface area contributed by atoms with E-state index in [4.69, 9.17) is 5.73 Å². The zero-order valence-electron chi connectivity index (χ0n) is 10.8. The molecule has 0 spiro atoms. The number of nitrogens with two attached hydrogens (primary N) is 1. The molecule has 1 amide bonds. The van der Waals surface area contributed by atoms with Crippen LogP contribution in [-0.2, 0) is 0 Å². The lowest BCUT2D eigenvalue weighted by atomic mass is 9.99. The Hall–Kier alpha value is -1.30. The van der Waals surface area contributed by atoms with Gasteiger partial charge in [0.15, 0.2) is 5.13 Å². The number of hydrogen-bond donors (Lipinski definition) is 3. The van der Waals surface area contributed by atoms with Gasteiger partial charge >= 0.3 is 0 Å². The number of hydrogen-bond acceptors (Lipinski definition) is 5. The summed E-state index contributed by atoms with van der Waals surface area (Å²) >= 11 is 1.27. The third kappa shape index (κ3) is 3.59. The normalized spacial score (nSPS) is 11.3. The first-order valence-electron chi connectivity index (χ1n) is 5.66. The third-order valence-corrected chi connectivity index (χ3v) is 3.49. The molecule has 0 unspecified atom stereocenters. The van der Waals surface area contributed by atoms with Crippen LogP contribution >= 0.6 is 11.3 Å². The average molecular weight is 256 g/mol. The summed E-state index contributed by atoms with van der Waals surface area (Å²) in [6, 6.07) is 0. The number of aromatic nitrogens is 1. The Labute approximate surface area is 106 Å². The van der Waals surface area contributed by atoms with Crippen LogP contribution in [0.25, 0.3) is 0 Å². The summed E-state index contributed by atoms with van der Waals surface area (Å²) in [5, 5.41) is 6.51. The van der Waals surface area contributed by atoms with Gasteiger partial charge in [-0.1, -0.05) is 24.7 Å². The van der Waals surface area contributed by atoms with E-state index in [0.29, 0.717) is 10.0 Å². The maximum atomic E-state index is 12.0. The molecule has 1 rings (SSSR count). The molecule has 1 aromatic heterocycles. The van der Waals surface area contributed by atoms with E-state index in [1.807, 2.05) is 13.8 Å². The van der Waals surface area contributed by atoms with Crippen molar-refractivity contribution in [1.29, 1.82) is 0 Å². The van der Waals surface area contributed by atoms with Crippen LogP contribution in [0.5, 0.6) is 0 Å². The van der Waals surface area contributed by atoms with E-state index in [-0.39, 0.29) is 17.3 Å². The predicted molar refractivity (Wildman–Crippen MR) is 72.5 cm³/mol. The first-order valence-corrected chi connectivity index (χ1v) is 6.48. The van der Waals surface area contributed by atoms with Crippen LogP contribution in [0.3, 0.4) is 0 Å². The van der Waals surface area contributed by atoms with Crippen LogP contribution in [0.2, 0.25) is 0 Å². The van der Waals surface area contributed by atoms with Crippen molar-refractivity contribution in [3.63, 3.8) is 0 Å². The zero-order valence-corrected chi connectivity index (χ0v) is 11.6. The van der Waals surface area contributed by atoms with Crippen molar-refractivity contribution >= 4 is 28.2 Å². The highest BCUT2D eigenvalue weighted by Crippen LogP contribution is 2.25. The second-order valence-corrected chi connectivity index (χ2v) is 5.57. The highest BCUT2D eigenvalue weighted by atomic mass is 32.1. The van der Waals surface area contributed by atoms with Gasteiger partial charge in [0.05, 0.1) is 0 Å². The summed E-state index contributed by atoms with van der Waals surface area (Å²) < 4.78 is 0. The Bertz CT molecular complexity index is 400. The summed E-state index contributed by atoms with van der Waals surface area (Å²) in [7, 11) is 1.75. The molecule has 0 atom stereocenters. The fraction of sp³-hybridized carbons (Fsp3) is 0.636. The molecule has 1 aromatic rings. The van der Waals surface area contributed by atoms with E-state index >= 15 is 0 Å². The number of nitrogen functional groups attached to an aromatic ring is 1. The van der Waals surface area contributed by atoms with Gasteiger partial charge in [-0.05, 0) is 20.3 Å². The van der Waals surface area contributed by atoms with Gasteiger partial charge in [0, 0.05) is 12.6 Å². The Balaban J connectivity index is 2.79. The van der Waals surface area contributed by atoms with Crippen molar-refractivity contribution < 1.29 is 4.79 Å².